The predicted molar refractivity (Wildman–Crippen MR) is 94.8 cm³/mol. The van der Waals surface area contributed by atoms with Gasteiger partial charge >= 0.3 is 0 Å². The van der Waals surface area contributed by atoms with E-state index in [0.29, 0.717) is 35.8 Å². The molecule has 1 N–H and O–H groups in total. The Morgan fingerprint density at radius 2 is 2.19 bits per heavy atom. The number of rotatable bonds is 7. The lowest BCUT2D eigenvalue weighted by molar-refractivity contribution is -0.213. The standard InChI is InChI=1S/C18H23N5O3/c1-4-19-17(24)14-9-8-13(10-15(14)26-5-2)23-11(3)16(21-22-23)18(25)20-12-6-7-12/h8-10,12H,4-7H2,1-3H3,(H,19,24)(H,20,25)/p-1. The number of hydrogen-bond donors (Lipinski definition) is 1. The van der Waals surface area contributed by atoms with Crippen molar-refractivity contribution in [3.05, 3.63) is 35.2 Å². The molecule has 1 aromatic heterocycles. The number of aliphatic imine (C=N–C) groups is 1. The van der Waals surface area contributed by atoms with Gasteiger partial charge in [-0.3, -0.25) is 9.79 Å². The fourth-order valence-electron chi connectivity index (χ4n) is 2.56. The van der Waals surface area contributed by atoms with Crippen LogP contribution in [-0.4, -0.2) is 46.0 Å². The molecule has 2 aromatic rings. The second-order valence-corrected chi connectivity index (χ2v) is 6.07. The Balaban J connectivity index is 1.95. The molecule has 1 heterocycles. The maximum atomic E-state index is 12.2. The molecule has 0 radical (unpaired) electrons. The van der Waals surface area contributed by atoms with Crippen molar-refractivity contribution < 1.29 is 14.6 Å². The van der Waals surface area contributed by atoms with Gasteiger partial charge in [0.2, 0.25) is 0 Å². The van der Waals surface area contributed by atoms with Gasteiger partial charge in [0.15, 0.2) is 0 Å². The molecule has 1 aliphatic carbocycles. The molecule has 0 bridgehead atoms. The van der Waals surface area contributed by atoms with Gasteiger partial charge in [-0.15, -0.1) is 5.10 Å². The minimum absolute atomic E-state index is 0.132. The van der Waals surface area contributed by atoms with E-state index in [0.717, 1.165) is 12.8 Å². The largest absolute Gasteiger partial charge is 0.857 e. The van der Waals surface area contributed by atoms with Crippen LogP contribution in [0.4, 0.5) is 0 Å². The number of amides is 1. The third kappa shape index (κ3) is 3.68. The van der Waals surface area contributed by atoms with Crippen LogP contribution in [0.1, 0.15) is 48.4 Å². The van der Waals surface area contributed by atoms with E-state index in [9.17, 15) is 9.90 Å². The summed E-state index contributed by atoms with van der Waals surface area (Å²) in [6, 6.07) is 5.29. The lowest BCUT2D eigenvalue weighted by atomic mass is 10.1. The summed E-state index contributed by atoms with van der Waals surface area (Å²) in [5, 5.41) is 23.0. The molecule has 8 nitrogen and oxygen atoms in total. The molecule has 1 amide bonds. The number of hydrogen-bond acceptors (Lipinski definition) is 6. The molecule has 1 fully saturated rings. The van der Waals surface area contributed by atoms with Gasteiger partial charge in [-0.2, -0.15) is 0 Å². The first-order valence-electron chi connectivity index (χ1n) is 8.78. The highest BCUT2D eigenvalue weighted by molar-refractivity contribution is 5.97. The zero-order valence-electron chi connectivity index (χ0n) is 15.2. The van der Waals surface area contributed by atoms with Crippen LogP contribution in [0.15, 0.2) is 23.2 Å². The third-order valence-corrected chi connectivity index (χ3v) is 4.04. The molecule has 0 atom stereocenters. The quantitative estimate of drug-likeness (QED) is 0.588. The van der Waals surface area contributed by atoms with Gasteiger partial charge in [-0.05, 0) is 45.7 Å². The van der Waals surface area contributed by atoms with Gasteiger partial charge in [0.25, 0.3) is 5.91 Å². The molecule has 8 heteroatoms. The van der Waals surface area contributed by atoms with Gasteiger partial charge in [0.05, 0.1) is 23.6 Å². The van der Waals surface area contributed by atoms with Gasteiger partial charge in [0, 0.05) is 24.6 Å². The van der Waals surface area contributed by atoms with Crippen LogP contribution in [-0.2, 0) is 0 Å². The zero-order valence-corrected chi connectivity index (χ0v) is 15.2. The second-order valence-electron chi connectivity index (χ2n) is 6.07. The molecule has 1 saturated carbocycles. The van der Waals surface area contributed by atoms with Crippen LogP contribution in [0.3, 0.4) is 0 Å². The predicted octanol–water partition coefficient (Wildman–Crippen LogP) is 0.993. The Morgan fingerprint density at radius 3 is 2.85 bits per heavy atom. The lowest BCUT2D eigenvalue weighted by Gasteiger charge is -2.13. The highest BCUT2D eigenvalue weighted by atomic mass is 16.5. The molecule has 0 aliphatic heterocycles. The average molecular weight is 356 g/mol. The van der Waals surface area contributed by atoms with E-state index in [2.05, 4.69) is 20.6 Å². The van der Waals surface area contributed by atoms with Crippen molar-refractivity contribution in [1.82, 2.24) is 20.3 Å². The van der Waals surface area contributed by atoms with Crippen molar-refractivity contribution in [3.8, 4) is 11.4 Å². The number of aromatic nitrogens is 3. The van der Waals surface area contributed by atoms with Gasteiger partial charge in [0.1, 0.15) is 11.4 Å². The molecule has 3 rings (SSSR count). The fraction of sp³-hybridized carbons (Fsp3) is 0.444. The number of carbonyl (C=O) groups is 1. The van der Waals surface area contributed by atoms with Crippen LogP contribution in [0.25, 0.3) is 5.69 Å². The van der Waals surface area contributed by atoms with Gasteiger partial charge in [-0.1, -0.05) is 5.21 Å². The molecular weight excluding hydrogens is 334 g/mol. The summed E-state index contributed by atoms with van der Waals surface area (Å²) in [5.41, 5.74) is 1.97. The monoisotopic (exact) mass is 356 g/mol. The fourth-order valence-corrected chi connectivity index (χ4v) is 2.56. The molecule has 1 aromatic carbocycles. The normalized spacial score (nSPS) is 14.3. The Labute approximate surface area is 151 Å². The van der Waals surface area contributed by atoms with Gasteiger partial charge < -0.3 is 15.2 Å². The van der Waals surface area contributed by atoms with E-state index in [1.165, 1.54) is 0 Å². The Kier molecular flexibility index (Phi) is 5.20. The number of nitrogens with one attached hydrogen (secondary N) is 1. The highest BCUT2D eigenvalue weighted by Gasteiger charge is 2.21. The van der Waals surface area contributed by atoms with Crippen LogP contribution in [0.5, 0.6) is 5.75 Å². The number of carbonyl (C=O) groups excluding carboxylic acids is 1. The van der Waals surface area contributed by atoms with Gasteiger partial charge in [-0.25, -0.2) is 4.68 Å². The van der Waals surface area contributed by atoms with Crippen LogP contribution >= 0.6 is 0 Å². The van der Waals surface area contributed by atoms with Crippen molar-refractivity contribution in [1.29, 1.82) is 0 Å². The molecular formula is C18H22N5O3-. The summed E-state index contributed by atoms with van der Waals surface area (Å²) in [7, 11) is 0. The van der Waals surface area contributed by atoms with E-state index in [-0.39, 0.29) is 23.5 Å². The van der Waals surface area contributed by atoms with Crippen molar-refractivity contribution in [2.24, 2.45) is 4.99 Å². The Morgan fingerprint density at radius 1 is 1.42 bits per heavy atom. The van der Waals surface area contributed by atoms with Crippen LogP contribution < -0.4 is 15.2 Å². The zero-order chi connectivity index (χ0) is 18.7. The summed E-state index contributed by atoms with van der Waals surface area (Å²) in [6.45, 7) is 6.44. The molecule has 26 heavy (non-hydrogen) atoms. The van der Waals surface area contributed by atoms with Crippen molar-refractivity contribution in [2.75, 3.05) is 13.2 Å². The molecule has 0 saturated heterocycles. The lowest BCUT2D eigenvalue weighted by Crippen LogP contribution is -2.23. The summed E-state index contributed by atoms with van der Waals surface area (Å²) in [5.74, 6) is -0.0708. The van der Waals surface area contributed by atoms with E-state index in [4.69, 9.17) is 4.74 Å². The summed E-state index contributed by atoms with van der Waals surface area (Å²) >= 11 is 0. The summed E-state index contributed by atoms with van der Waals surface area (Å²) in [6.07, 6.45) is 1.91. The smallest absolute Gasteiger partial charge is 0.255 e. The van der Waals surface area contributed by atoms with E-state index in [1.54, 1.807) is 29.8 Å². The van der Waals surface area contributed by atoms with Crippen LogP contribution in [0.2, 0.25) is 0 Å². The summed E-state index contributed by atoms with van der Waals surface area (Å²) < 4.78 is 7.17. The Bertz CT molecular complexity index is 839. The summed E-state index contributed by atoms with van der Waals surface area (Å²) in [4.78, 5) is 16.3. The SMILES string of the molecule is CCNC(=O)c1ccc(-n2nnc(C([O-])=NC3CC3)c2C)cc1OCC. The van der Waals surface area contributed by atoms with E-state index >= 15 is 0 Å². The highest BCUT2D eigenvalue weighted by Crippen LogP contribution is 2.25. The average Bonchev–Trinajstić information content (AvgIpc) is 3.34. The van der Waals surface area contributed by atoms with Crippen molar-refractivity contribution in [3.63, 3.8) is 0 Å². The molecule has 0 spiro atoms. The third-order valence-electron chi connectivity index (χ3n) is 4.04. The van der Waals surface area contributed by atoms with Crippen molar-refractivity contribution in [2.45, 2.75) is 39.7 Å². The first kappa shape index (κ1) is 17.9. The number of ether oxygens (including phenoxy) is 1. The maximum absolute atomic E-state index is 12.2. The number of benzene rings is 1. The molecule has 0 unspecified atom stereocenters. The van der Waals surface area contributed by atoms with Crippen LogP contribution in [0, 0.1) is 6.92 Å². The van der Waals surface area contributed by atoms with E-state index < -0.39 is 0 Å². The number of nitrogens with zero attached hydrogens (tertiary/aromatic N) is 4. The van der Waals surface area contributed by atoms with Crippen molar-refractivity contribution >= 4 is 11.8 Å². The maximum Gasteiger partial charge on any atom is 0.255 e. The molecule has 138 valence electrons. The topological polar surface area (TPSA) is 104 Å². The molecule has 1 aliphatic rings. The van der Waals surface area contributed by atoms with E-state index in [1.807, 2.05) is 13.8 Å². The first-order chi connectivity index (χ1) is 12.5. The minimum Gasteiger partial charge on any atom is -0.857 e. The first-order valence-corrected chi connectivity index (χ1v) is 8.78. The second kappa shape index (κ2) is 7.55. The Hall–Kier alpha value is -2.90. The minimum atomic E-state index is -0.333.